The molecule has 0 heterocycles. The Kier molecular flexibility index (Phi) is 5.59. The van der Waals surface area contributed by atoms with Crippen molar-refractivity contribution in [1.29, 1.82) is 0 Å². The van der Waals surface area contributed by atoms with Crippen LogP contribution in [0, 0.1) is 0 Å². The SMILES string of the molecule is O=C(CCc1ccc(O)cc1)O[C@H]1CC[C@H](c2ccc(O)cc2)CC1. The Balaban J connectivity index is 1.41. The minimum Gasteiger partial charge on any atom is -0.508 e. The van der Waals surface area contributed by atoms with Gasteiger partial charge in [-0.25, -0.2) is 0 Å². The smallest absolute Gasteiger partial charge is 0.306 e. The van der Waals surface area contributed by atoms with E-state index in [0.717, 1.165) is 31.2 Å². The van der Waals surface area contributed by atoms with Gasteiger partial charge in [0.05, 0.1) is 0 Å². The van der Waals surface area contributed by atoms with Crippen LogP contribution in [0.15, 0.2) is 48.5 Å². The molecule has 0 spiro atoms. The van der Waals surface area contributed by atoms with Crippen molar-refractivity contribution in [3.05, 3.63) is 59.7 Å². The molecule has 1 aliphatic carbocycles. The summed E-state index contributed by atoms with van der Waals surface area (Å²) in [5.74, 6) is 0.852. The van der Waals surface area contributed by atoms with Crippen molar-refractivity contribution >= 4 is 5.97 Å². The van der Waals surface area contributed by atoms with Gasteiger partial charge in [0.1, 0.15) is 17.6 Å². The second-order valence-corrected chi connectivity index (χ2v) is 6.72. The Hall–Kier alpha value is -2.49. The van der Waals surface area contributed by atoms with E-state index in [4.69, 9.17) is 4.74 Å². The van der Waals surface area contributed by atoms with E-state index < -0.39 is 0 Å². The van der Waals surface area contributed by atoms with E-state index in [1.807, 2.05) is 24.3 Å². The molecule has 132 valence electrons. The lowest BCUT2D eigenvalue weighted by Gasteiger charge is -2.28. The number of aromatic hydroxyl groups is 2. The molecule has 0 bridgehead atoms. The molecule has 1 saturated carbocycles. The Labute approximate surface area is 148 Å². The lowest BCUT2D eigenvalue weighted by molar-refractivity contribution is -0.150. The standard InChI is InChI=1S/C21H24O4/c22-18-8-1-15(2-9-18)3-14-21(24)25-20-12-6-17(7-13-20)16-4-10-19(23)11-5-16/h1-2,4-5,8-11,17,20,22-23H,3,6-7,12-14H2/t17-,20-. The fraction of sp³-hybridized carbons (Fsp3) is 0.381. The van der Waals surface area contributed by atoms with E-state index in [-0.39, 0.29) is 17.8 Å². The van der Waals surface area contributed by atoms with E-state index in [2.05, 4.69) is 0 Å². The van der Waals surface area contributed by atoms with Crippen molar-refractivity contribution in [3.8, 4) is 11.5 Å². The summed E-state index contributed by atoms with van der Waals surface area (Å²) in [5.41, 5.74) is 2.26. The summed E-state index contributed by atoms with van der Waals surface area (Å²) in [4.78, 5) is 12.0. The van der Waals surface area contributed by atoms with Crippen LogP contribution in [0.2, 0.25) is 0 Å². The molecule has 4 nitrogen and oxygen atoms in total. The number of hydrogen-bond donors (Lipinski definition) is 2. The first-order valence-corrected chi connectivity index (χ1v) is 8.86. The lowest BCUT2D eigenvalue weighted by atomic mass is 9.83. The van der Waals surface area contributed by atoms with Gasteiger partial charge in [0.15, 0.2) is 0 Å². The molecule has 25 heavy (non-hydrogen) atoms. The van der Waals surface area contributed by atoms with Crippen molar-refractivity contribution in [3.63, 3.8) is 0 Å². The van der Waals surface area contributed by atoms with Crippen LogP contribution in [0.3, 0.4) is 0 Å². The third kappa shape index (κ3) is 4.99. The summed E-state index contributed by atoms with van der Waals surface area (Å²) < 4.78 is 5.61. The Morgan fingerprint density at radius 1 is 0.880 bits per heavy atom. The predicted molar refractivity (Wildman–Crippen MR) is 95.6 cm³/mol. The first-order chi connectivity index (χ1) is 12.1. The fourth-order valence-electron chi connectivity index (χ4n) is 3.41. The summed E-state index contributed by atoms with van der Waals surface area (Å²) in [7, 11) is 0. The van der Waals surface area contributed by atoms with Crippen LogP contribution in [0.1, 0.15) is 49.1 Å². The number of carbonyl (C=O) groups is 1. The Morgan fingerprint density at radius 3 is 2.04 bits per heavy atom. The number of phenolic OH excluding ortho intramolecular Hbond substituents is 2. The zero-order valence-corrected chi connectivity index (χ0v) is 14.2. The largest absolute Gasteiger partial charge is 0.508 e. The molecule has 1 aliphatic rings. The highest BCUT2D eigenvalue weighted by Crippen LogP contribution is 2.34. The molecular weight excluding hydrogens is 316 g/mol. The summed E-state index contributed by atoms with van der Waals surface area (Å²) in [6.07, 6.45) is 4.78. The average molecular weight is 340 g/mol. The van der Waals surface area contributed by atoms with Gasteiger partial charge in [-0.05, 0) is 73.4 Å². The van der Waals surface area contributed by atoms with Crippen LogP contribution < -0.4 is 0 Å². The highest BCUT2D eigenvalue weighted by atomic mass is 16.5. The zero-order chi connectivity index (χ0) is 17.6. The van der Waals surface area contributed by atoms with E-state index in [1.165, 1.54) is 5.56 Å². The van der Waals surface area contributed by atoms with Gasteiger partial charge in [0.25, 0.3) is 0 Å². The molecule has 0 aliphatic heterocycles. The number of aryl methyl sites for hydroxylation is 1. The van der Waals surface area contributed by atoms with Crippen LogP contribution in [-0.2, 0) is 16.0 Å². The lowest BCUT2D eigenvalue weighted by Crippen LogP contribution is -2.24. The van der Waals surface area contributed by atoms with E-state index in [0.29, 0.717) is 24.5 Å². The molecule has 1 fully saturated rings. The minimum absolute atomic E-state index is 0.0145. The third-order valence-corrected chi connectivity index (χ3v) is 4.89. The second-order valence-electron chi connectivity index (χ2n) is 6.72. The Morgan fingerprint density at radius 2 is 1.44 bits per heavy atom. The van der Waals surface area contributed by atoms with E-state index in [1.54, 1.807) is 24.3 Å². The maximum absolute atomic E-state index is 12.0. The quantitative estimate of drug-likeness (QED) is 0.796. The van der Waals surface area contributed by atoms with Gasteiger partial charge in [-0.2, -0.15) is 0 Å². The number of benzene rings is 2. The van der Waals surface area contributed by atoms with E-state index >= 15 is 0 Å². The number of ether oxygens (including phenoxy) is 1. The highest BCUT2D eigenvalue weighted by Gasteiger charge is 2.24. The van der Waals surface area contributed by atoms with Gasteiger partial charge in [-0.1, -0.05) is 24.3 Å². The topological polar surface area (TPSA) is 66.8 Å². The minimum atomic E-state index is -0.152. The number of hydrogen-bond acceptors (Lipinski definition) is 4. The molecule has 2 aromatic carbocycles. The van der Waals surface area contributed by atoms with Gasteiger partial charge < -0.3 is 14.9 Å². The number of carbonyl (C=O) groups excluding carboxylic acids is 1. The fourth-order valence-corrected chi connectivity index (χ4v) is 3.41. The third-order valence-electron chi connectivity index (χ3n) is 4.89. The van der Waals surface area contributed by atoms with Crippen LogP contribution in [0.25, 0.3) is 0 Å². The summed E-state index contributed by atoms with van der Waals surface area (Å²) in [6.45, 7) is 0. The number of phenols is 2. The van der Waals surface area contributed by atoms with Crippen molar-refractivity contribution < 1.29 is 19.7 Å². The zero-order valence-electron chi connectivity index (χ0n) is 14.2. The molecule has 0 amide bonds. The van der Waals surface area contributed by atoms with Crippen LogP contribution in [0.4, 0.5) is 0 Å². The first-order valence-electron chi connectivity index (χ1n) is 8.86. The molecule has 0 aromatic heterocycles. The van der Waals surface area contributed by atoms with Gasteiger partial charge in [0, 0.05) is 6.42 Å². The second kappa shape index (κ2) is 8.06. The molecule has 2 N–H and O–H groups in total. The normalized spacial score (nSPS) is 20.2. The summed E-state index contributed by atoms with van der Waals surface area (Å²) in [5, 5.41) is 18.6. The average Bonchev–Trinajstić information content (AvgIpc) is 2.63. The summed E-state index contributed by atoms with van der Waals surface area (Å²) >= 11 is 0. The first kappa shape index (κ1) is 17.3. The molecule has 4 heteroatoms. The van der Waals surface area contributed by atoms with Gasteiger partial charge in [-0.15, -0.1) is 0 Å². The monoisotopic (exact) mass is 340 g/mol. The maximum atomic E-state index is 12.0. The number of esters is 1. The van der Waals surface area contributed by atoms with Crippen LogP contribution >= 0.6 is 0 Å². The van der Waals surface area contributed by atoms with E-state index in [9.17, 15) is 15.0 Å². The maximum Gasteiger partial charge on any atom is 0.306 e. The molecule has 0 radical (unpaired) electrons. The van der Waals surface area contributed by atoms with Crippen molar-refractivity contribution in [2.45, 2.75) is 50.5 Å². The van der Waals surface area contributed by atoms with Crippen LogP contribution in [-0.4, -0.2) is 22.3 Å². The number of rotatable bonds is 5. The molecular formula is C21H24O4. The molecule has 0 atom stereocenters. The Bertz CT molecular complexity index is 683. The van der Waals surface area contributed by atoms with Crippen LogP contribution in [0.5, 0.6) is 11.5 Å². The summed E-state index contributed by atoms with van der Waals surface area (Å²) in [6, 6.07) is 14.3. The van der Waals surface area contributed by atoms with Gasteiger partial charge in [0.2, 0.25) is 0 Å². The highest BCUT2D eigenvalue weighted by molar-refractivity contribution is 5.70. The van der Waals surface area contributed by atoms with Crippen molar-refractivity contribution in [1.82, 2.24) is 0 Å². The molecule has 0 saturated heterocycles. The van der Waals surface area contributed by atoms with Gasteiger partial charge in [-0.3, -0.25) is 4.79 Å². The van der Waals surface area contributed by atoms with Gasteiger partial charge >= 0.3 is 5.97 Å². The predicted octanol–water partition coefficient (Wildman–Crippen LogP) is 4.30. The molecule has 0 unspecified atom stereocenters. The van der Waals surface area contributed by atoms with Crippen molar-refractivity contribution in [2.75, 3.05) is 0 Å². The van der Waals surface area contributed by atoms with Crippen molar-refractivity contribution in [2.24, 2.45) is 0 Å². The molecule has 3 rings (SSSR count). The molecule has 2 aromatic rings.